The van der Waals surface area contributed by atoms with Crippen molar-refractivity contribution in [1.29, 1.82) is 0 Å². The minimum absolute atomic E-state index is 0.0529. The lowest BCUT2D eigenvalue weighted by atomic mass is 9.92. The first-order valence-corrected chi connectivity index (χ1v) is 8.68. The van der Waals surface area contributed by atoms with Crippen LogP contribution in [0.3, 0.4) is 0 Å². The van der Waals surface area contributed by atoms with Gasteiger partial charge in [0.25, 0.3) is 0 Å². The quantitative estimate of drug-likeness (QED) is 0.654. The van der Waals surface area contributed by atoms with Gasteiger partial charge in [0, 0.05) is 17.1 Å². The Labute approximate surface area is 149 Å². The van der Waals surface area contributed by atoms with E-state index in [1.165, 1.54) is 5.56 Å². The Hall–Kier alpha value is -2.55. The number of aryl methyl sites for hydroxylation is 1. The lowest BCUT2D eigenvalue weighted by Crippen LogP contribution is -2.25. The first-order valence-electron chi connectivity index (χ1n) is 8.68. The van der Waals surface area contributed by atoms with Crippen molar-refractivity contribution in [3.05, 3.63) is 71.4 Å². The van der Waals surface area contributed by atoms with Crippen molar-refractivity contribution in [3.63, 3.8) is 0 Å². The zero-order valence-corrected chi connectivity index (χ0v) is 15.3. The van der Waals surface area contributed by atoms with Crippen LogP contribution in [0.1, 0.15) is 49.9 Å². The molecular formula is C22H25NO2. The third kappa shape index (κ3) is 4.30. The summed E-state index contributed by atoms with van der Waals surface area (Å²) in [6.45, 7) is 7.76. The fourth-order valence-electron chi connectivity index (χ4n) is 3.04. The van der Waals surface area contributed by atoms with Crippen molar-refractivity contribution in [2.45, 2.75) is 45.6 Å². The molecule has 1 N–H and O–H groups in total. The van der Waals surface area contributed by atoms with E-state index in [1.54, 1.807) is 0 Å². The van der Waals surface area contributed by atoms with Crippen LogP contribution in [0.4, 0.5) is 0 Å². The van der Waals surface area contributed by atoms with E-state index in [1.807, 2.05) is 32.9 Å². The van der Waals surface area contributed by atoms with E-state index in [2.05, 4.69) is 54.4 Å². The average Bonchev–Trinajstić information content (AvgIpc) is 2.95. The number of para-hydroxylation sites is 1. The van der Waals surface area contributed by atoms with Crippen LogP contribution in [0, 0.1) is 6.92 Å². The van der Waals surface area contributed by atoms with Gasteiger partial charge >= 0.3 is 5.97 Å². The first-order chi connectivity index (χ1) is 11.8. The van der Waals surface area contributed by atoms with Gasteiger partial charge < -0.3 is 9.72 Å². The van der Waals surface area contributed by atoms with Gasteiger partial charge in [-0.1, -0.05) is 48.0 Å². The number of hydrogen-bond acceptors (Lipinski definition) is 2. The number of hydrogen-bond donors (Lipinski definition) is 1. The monoisotopic (exact) mass is 335 g/mol. The van der Waals surface area contributed by atoms with Crippen molar-refractivity contribution in [2.75, 3.05) is 0 Å². The number of nitrogens with one attached hydrogen (secondary N) is 1. The van der Waals surface area contributed by atoms with Crippen molar-refractivity contribution >= 4 is 16.9 Å². The zero-order valence-electron chi connectivity index (χ0n) is 15.3. The van der Waals surface area contributed by atoms with E-state index in [-0.39, 0.29) is 11.9 Å². The summed E-state index contributed by atoms with van der Waals surface area (Å²) < 4.78 is 5.56. The number of benzene rings is 2. The molecule has 1 aromatic heterocycles. The van der Waals surface area contributed by atoms with Crippen LogP contribution in [0.5, 0.6) is 0 Å². The number of rotatable bonds is 4. The van der Waals surface area contributed by atoms with Crippen LogP contribution in [-0.2, 0) is 9.53 Å². The Morgan fingerprint density at radius 2 is 1.76 bits per heavy atom. The Bertz CT molecular complexity index is 836. The maximum atomic E-state index is 12.5. The van der Waals surface area contributed by atoms with Gasteiger partial charge in [-0.3, -0.25) is 4.79 Å². The molecule has 3 heteroatoms. The summed E-state index contributed by atoms with van der Waals surface area (Å²) in [5, 5.41) is 1.15. The summed E-state index contributed by atoms with van der Waals surface area (Å²) in [6, 6.07) is 18.6. The van der Waals surface area contributed by atoms with Gasteiger partial charge in [-0.15, -0.1) is 0 Å². The molecule has 0 saturated carbocycles. The van der Waals surface area contributed by atoms with Gasteiger partial charge in [0.15, 0.2) is 0 Å². The minimum atomic E-state index is -0.477. The van der Waals surface area contributed by atoms with Crippen LogP contribution in [-0.4, -0.2) is 16.6 Å². The number of esters is 1. The van der Waals surface area contributed by atoms with E-state index in [4.69, 9.17) is 4.74 Å². The number of fused-ring (bicyclic) bond motifs is 1. The van der Waals surface area contributed by atoms with Crippen LogP contribution in [0.2, 0.25) is 0 Å². The number of ether oxygens (including phenoxy) is 1. The topological polar surface area (TPSA) is 42.1 Å². The Balaban J connectivity index is 1.96. The molecule has 0 bridgehead atoms. The molecule has 0 aliphatic carbocycles. The molecule has 25 heavy (non-hydrogen) atoms. The second-order valence-corrected chi connectivity index (χ2v) is 7.57. The van der Waals surface area contributed by atoms with Crippen molar-refractivity contribution in [2.24, 2.45) is 0 Å². The van der Waals surface area contributed by atoms with Crippen LogP contribution < -0.4 is 0 Å². The highest BCUT2D eigenvalue weighted by molar-refractivity contribution is 5.81. The third-order valence-electron chi connectivity index (χ3n) is 4.20. The standard InChI is InChI=1S/C22H25NO2/c1-15-9-11-16(12-10-15)18(14-21(24)25-22(2,3)4)20-13-17-7-5-6-8-19(17)23-20/h5-13,18,23H,14H2,1-4H3. The molecule has 3 aromatic rings. The first kappa shape index (κ1) is 17.3. The van der Waals surface area contributed by atoms with Crippen molar-refractivity contribution < 1.29 is 9.53 Å². The van der Waals surface area contributed by atoms with Gasteiger partial charge in [-0.25, -0.2) is 0 Å². The van der Waals surface area contributed by atoms with Crippen molar-refractivity contribution in [1.82, 2.24) is 4.98 Å². The molecule has 130 valence electrons. The molecular weight excluding hydrogens is 310 g/mol. The summed E-state index contributed by atoms with van der Waals surface area (Å²) in [5.74, 6) is -0.236. The number of carbonyl (C=O) groups is 1. The second-order valence-electron chi connectivity index (χ2n) is 7.57. The fraction of sp³-hybridized carbons (Fsp3) is 0.318. The third-order valence-corrected chi connectivity index (χ3v) is 4.20. The molecule has 0 spiro atoms. The van der Waals surface area contributed by atoms with Crippen LogP contribution in [0.15, 0.2) is 54.6 Å². The largest absolute Gasteiger partial charge is 0.460 e. The van der Waals surface area contributed by atoms with Gasteiger partial charge in [0.05, 0.1) is 6.42 Å². The van der Waals surface area contributed by atoms with Gasteiger partial charge in [-0.05, 0) is 50.8 Å². The lowest BCUT2D eigenvalue weighted by Gasteiger charge is -2.22. The highest BCUT2D eigenvalue weighted by Gasteiger charge is 2.24. The summed E-state index contributed by atoms with van der Waals surface area (Å²) in [4.78, 5) is 15.9. The predicted octanol–water partition coefficient (Wildman–Crippen LogP) is 5.34. The number of carbonyl (C=O) groups excluding carboxylic acids is 1. The van der Waals surface area contributed by atoms with Crippen LogP contribution in [0.25, 0.3) is 10.9 Å². The van der Waals surface area contributed by atoms with Crippen molar-refractivity contribution in [3.8, 4) is 0 Å². The predicted molar refractivity (Wildman–Crippen MR) is 102 cm³/mol. The molecule has 0 saturated heterocycles. The highest BCUT2D eigenvalue weighted by Crippen LogP contribution is 2.31. The summed E-state index contributed by atoms with van der Waals surface area (Å²) in [5.41, 5.74) is 3.96. The molecule has 0 radical (unpaired) electrons. The molecule has 0 amide bonds. The molecule has 0 aliphatic rings. The number of H-pyrrole nitrogens is 1. The molecule has 1 heterocycles. The average molecular weight is 335 g/mol. The lowest BCUT2D eigenvalue weighted by molar-refractivity contribution is -0.155. The molecule has 1 unspecified atom stereocenters. The van der Waals surface area contributed by atoms with E-state index in [0.29, 0.717) is 6.42 Å². The fourth-order valence-corrected chi connectivity index (χ4v) is 3.04. The molecule has 0 aliphatic heterocycles. The SMILES string of the molecule is Cc1ccc(C(CC(=O)OC(C)(C)C)c2cc3ccccc3[nH]2)cc1. The molecule has 3 rings (SSSR count). The van der Waals surface area contributed by atoms with E-state index in [0.717, 1.165) is 22.2 Å². The second kappa shape index (κ2) is 6.75. The molecule has 2 aromatic carbocycles. The summed E-state index contributed by atoms with van der Waals surface area (Å²) in [6.07, 6.45) is 0.313. The highest BCUT2D eigenvalue weighted by atomic mass is 16.6. The molecule has 3 nitrogen and oxygen atoms in total. The van der Waals surface area contributed by atoms with Gasteiger partial charge in [0.2, 0.25) is 0 Å². The Kier molecular flexibility index (Phi) is 4.67. The smallest absolute Gasteiger partial charge is 0.307 e. The van der Waals surface area contributed by atoms with Gasteiger partial charge in [0.1, 0.15) is 5.60 Å². The van der Waals surface area contributed by atoms with E-state index in [9.17, 15) is 4.79 Å². The maximum Gasteiger partial charge on any atom is 0.307 e. The Morgan fingerprint density at radius 1 is 1.08 bits per heavy atom. The minimum Gasteiger partial charge on any atom is -0.460 e. The number of aromatic nitrogens is 1. The van der Waals surface area contributed by atoms with E-state index < -0.39 is 5.60 Å². The summed E-state index contributed by atoms with van der Waals surface area (Å²) in [7, 11) is 0. The summed E-state index contributed by atoms with van der Waals surface area (Å²) >= 11 is 0. The zero-order chi connectivity index (χ0) is 18.0. The normalized spacial score (nSPS) is 13.0. The molecule has 0 fully saturated rings. The number of aromatic amines is 1. The maximum absolute atomic E-state index is 12.5. The van der Waals surface area contributed by atoms with Crippen LogP contribution >= 0.6 is 0 Å². The Morgan fingerprint density at radius 3 is 2.40 bits per heavy atom. The van der Waals surface area contributed by atoms with Gasteiger partial charge in [-0.2, -0.15) is 0 Å². The van der Waals surface area contributed by atoms with E-state index >= 15 is 0 Å². The molecule has 1 atom stereocenters.